The van der Waals surface area contributed by atoms with Crippen molar-refractivity contribution in [2.45, 2.75) is 17.9 Å². The first-order chi connectivity index (χ1) is 16.9. The number of nitrogens with zero attached hydrogens (tertiary/aromatic N) is 1. The van der Waals surface area contributed by atoms with E-state index in [-0.39, 0.29) is 11.6 Å². The summed E-state index contributed by atoms with van der Waals surface area (Å²) in [5.74, 6) is -4.03. The Hall–Kier alpha value is -3.36. The Labute approximate surface area is 212 Å². The number of hydrogen-bond donors (Lipinski definition) is 1. The molecule has 1 N–H and O–H groups in total. The summed E-state index contributed by atoms with van der Waals surface area (Å²) in [6.07, 6.45) is -1.45. The molecule has 182 valence electrons. The molecule has 1 amide bonds. The van der Waals surface area contributed by atoms with Crippen LogP contribution < -0.4 is 0 Å². The van der Waals surface area contributed by atoms with Crippen LogP contribution in [0.25, 0.3) is 0 Å². The van der Waals surface area contributed by atoms with Crippen molar-refractivity contribution in [3.63, 3.8) is 0 Å². The minimum absolute atomic E-state index is 0.0169. The third kappa shape index (κ3) is 5.49. The first-order valence-electron chi connectivity index (χ1n) is 10.7. The van der Waals surface area contributed by atoms with Crippen LogP contribution in [0.3, 0.4) is 0 Å². The lowest BCUT2D eigenvalue weighted by molar-refractivity contribution is -0.160. The van der Waals surface area contributed by atoms with Gasteiger partial charge in [0.25, 0.3) is 0 Å². The topological polar surface area (TPSA) is 101 Å². The number of aliphatic carboxylic acids is 1. The number of carboxylic acid groups (broad SMARTS) is 1. The Morgan fingerprint density at radius 3 is 2.09 bits per heavy atom. The molecule has 1 saturated heterocycles. The summed E-state index contributed by atoms with van der Waals surface area (Å²) in [4.78, 5) is 50.7. The van der Waals surface area contributed by atoms with Gasteiger partial charge in [-0.25, -0.2) is 4.79 Å². The highest BCUT2D eigenvalue weighted by atomic mass is 35.5. The van der Waals surface area contributed by atoms with Crippen LogP contribution in [-0.4, -0.2) is 50.6 Å². The molecule has 2 atom stereocenters. The molecule has 2 aromatic rings. The molecular formula is C26H24ClNO6S. The van der Waals surface area contributed by atoms with Crippen LogP contribution in [0.15, 0.2) is 85.1 Å². The molecule has 0 spiro atoms. The summed E-state index contributed by atoms with van der Waals surface area (Å²) < 4.78 is 5.92. The standard InChI is InChI=1S/C24H20ClNO6S.C2H4/c25-12-16-13-33-23-19(17(27)11-18(28)29)22(30)26(23)20(16)24(31)32-21(14-7-3-1-4-8-14)15-9-5-2-6-10-15;1-2/h1-10,19,21,23H,11-13H2,(H,28,29);1-2H2. The zero-order chi connectivity index (χ0) is 25.5. The van der Waals surface area contributed by atoms with Gasteiger partial charge in [-0.1, -0.05) is 60.7 Å². The average molecular weight is 514 g/mol. The first-order valence-corrected chi connectivity index (χ1v) is 12.3. The summed E-state index contributed by atoms with van der Waals surface area (Å²) in [6, 6.07) is 18.5. The maximum atomic E-state index is 13.4. The number of thioether (sulfide) groups is 1. The van der Waals surface area contributed by atoms with Crippen molar-refractivity contribution in [3.8, 4) is 0 Å². The number of halogens is 1. The normalized spacial score (nSPS) is 18.7. The summed E-state index contributed by atoms with van der Waals surface area (Å²) >= 11 is 7.37. The van der Waals surface area contributed by atoms with E-state index in [2.05, 4.69) is 13.2 Å². The number of ketones is 1. The van der Waals surface area contributed by atoms with Gasteiger partial charge in [0.15, 0.2) is 11.9 Å². The van der Waals surface area contributed by atoms with Gasteiger partial charge in [0.1, 0.15) is 23.4 Å². The van der Waals surface area contributed by atoms with E-state index in [9.17, 15) is 19.2 Å². The second-order valence-electron chi connectivity index (χ2n) is 7.62. The van der Waals surface area contributed by atoms with Gasteiger partial charge in [-0.3, -0.25) is 19.3 Å². The molecule has 2 aromatic carbocycles. The van der Waals surface area contributed by atoms with Gasteiger partial charge in [0.05, 0.1) is 0 Å². The minimum Gasteiger partial charge on any atom is -0.481 e. The van der Waals surface area contributed by atoms with Crippen molar-refractivity contribution in [2.24, 2.45) is 5.92 Å². The van der Waals surface area contributed by atoms with Crippen molar-refractivity contribution >= 4 is 47.0 Å². The maximum Gasteiger partial charge on any atom is 0.356 e. The zero-order valence-electron chi connectivity index (χ0n) is 18.8. The van der Waals surface area contributed by atoms with Gasteiger partial charge < -0.3 is 9.84 Å². The lowest BCUT2D eigenvalue weighted by atomic mass is 9.90. The maximum absolute atomic E-state index is 13.4. The smallest absolute Gasteiger partial charge is 0.356 e. The van der Waals surface area contributed by atoms with E-state index in [4.69, 9.17) is 21.4 Å². The van der Waals surface area contributed by atoms with E-state index in [0.717, 1.165) is 11.1 Å². The Morgan fingerprint density at radius 1 is 1.06 bits per heavy atom. The number of alkyl halides is 1. The summed E-state index contributed by atoms with van der Waals surface area (Å²) in [5.41, 5.74) is 2.09. The van der Waals surface area contributed by atoms with Crippen LogP contribution in [-0.2, 0) is 23.9 Å². The average Bonchev–Trinajstić information content (AvgIpc) is 2.88. The third-order valence-electron chi connectivity index (χ3n) is 5.50. The van der Waals surface area contributed by atoms with Crippen LogP contribution in [0.1, 0.15) is 23.7 Å². The van der Waals surface area contributed by atoms with Gasteiger partial charge in [0, 0.05) is 11.6 Å². The minimum atomic E-state index is -1.29. The molecule has 0 saturated carbocycles. The lowest BCUT2D eigenvalue weighted by Gasteiger charge is -2.49. The second kappa shape index (κ2) is 11.9. The van der Waals surface area contributed by atoms with Gasteiger partial charge in [-0.05, 0) is 16.7 Å². The molecule has 4 rings (SSSR count). The lowest BCUT2D eigenvalue weighted by Crippen LogP contribution is -2.64. The largest absolute Gasteiger partial charge is 0.481 e. The number of amides is 1. The van der Waals surface area contributed by atoms with Crippen LogP contribution >= 0.6 is 23.4 Å². The Kier molecular flexibility index (Phi) is 8.89. The van der Waals surface area contributed by atoms with Crippen molar-refractivity contribution in [2.75, 3.05) is 11.6 Å². The fourth-order valence-electron chi connectivity index (χ4n) is 3.94. The van der Waals surface area contributed by atoms with Crippen molar-refractivity contribution < 1.29 is 29.0 Å². The number of rotatable bonds is 8. The Morgan fingerprint density at radius 2 is 1.60 bits per heavy atom. The molecule has 35 heavy (non-hydrogen) atoms. The molecule has 1 fully saturated rings. The van der Waals surface area contributed by atoms with Crippen LogP contribution in [0.5, 0.6) is 0 Å². The third-order valence-corrected chi connectivity index (χ3v) is 7.17. The van der Waals surface area contributed by atoms with Crippen molar-refractivity contribution in [1.82, 2.24) is 4.90 Å². The number of carbonyl (C=O) groups is 4. The molecule has 0 radical (unpaired) electrons. The molecule has 2 heterocycles. The fraction of sp³-hybridized carbons (Fsp3) is 0.231. The molecule has 2 aliphatic heterocycles. The molecule has 7 nitrogen and oxygen atoms in total. The second-order valence-corrected chi connectivity index (χ2v) is 8.99. The van der Waals surface area contributed by atoms with E-state index >= 15 is 0 Å². The molecule has 2 aliphatic rings. The number of carboxylic acids is 1. The quantitative estimate of drug-likeness (QED) is 0.186. The monoisotopic (exact) mass is 513 g/mol. The molecular weight excluding hydrogens is 490 g/mol. The van der Waals surface area contributed by atoms with Crippen molar-refractivity contribution in [1.29, 1.82) is 0 Å². The number of β-lactam (4-membered cyclic amide) rings is 1. The number of Topliss-reactive ketones (excluding diaryl/α,β-unsaturated/α-hetero) is 1. The van der Waals surface area contributed by atoms with E-state index in [1.807, 2.05) is 60.7 Å². The SMILES string of the molecule is C=C.O=C(O)CC(=O)C1C(=O)N2C(C(=O)OC(c3ccccc3)c3ccccc3)=C(CCl)CSC12. The molecule has 9 heteroatoms. The van der Waals surface area contributed by atoms with E-state index < -0.39 is 47.4 Å². The summed E-state index contributed by atoms with van der Waals surface area (Å²) in [6.45, 7) is 6.00. The number of benzene rings is 2. The predicted octanol–water partition coefficient (Wildman–Crippen LogP) is 4.19. The number of hydrogen-bond acceptors (Lipinski definition) is 6. The summed E-state index contributed by atoms with van der Waals surface area (Å²) in [5, 5.41) is 8.27. The van der Waals surface area contributed by atoms with Gasteiger partial charge >= 0.3 is 11.9 Å². The van der Waals surface area contributed by atoms with Gasteiger partial charge in [-0.2, -0.15) is 0 Å². The number of esters is 1. The van der Waals surface area contributed by atoms with E-state index in [1.165, 1.54) is 16.7 Å². The van der Waals surface area contributed by atoms with Crippen LogP contribution in [0.4, 0.5) is 0 Å². The number of ether oxygens (including phenoxy) is 1. The Balaban J connectivity index is 0.00000167. The van der Waals surface area contributed by atoms with Gasteiger partial charge in [0.2, 0.25) is 5.91 Å². The van der Waals surface area contributed by atoms with Crippen LogP contribution in [0.2, 0.25) is 0 Å². The molecule has 2 unspecified atom stereocenters. The molecule has 0 aromatic heterocycles. The van der Waals surface area contributed by atoms with Gasteiger partial charge in [-0.15, -0.1) is 36.5 Å². The highest BCUT2D eigenvalue weighted by Crippen LogP contribution is 2.45. The number of fused-ring (bicyclic) bond motifs is 1. The highest BCUT2D eigenvalue weighted by molar-refractivity contribution is 8.00. The van der Waals surface area contributed by atoms with Crippen molar-refractivity contribution in [3.05, 3.63) is 96.2 Å². The summed E-state index contributed by atoms with van der Waals surface area (Å²) in [7, 11) is 0. The number of carbonyl (C=O) groups excluding carboxylic acids is 3. The zero-order valence-corrected chi connectivity index (χ0v) is 20.3. The first kappa shape index (κ1) is 26.2. The highest BCUT2D eigenvalue weighted by Gasteiger charge is 2.56. The predicted molar refractivity (Wildman–Crippen MR) is 134 cm³/mol. The van der Waals surface area contributed by atoms with Crippen LogP contribution in [0, 0.1) is 5.92 Å². The van der Waals surface area contributed by atoms with E-state index in [1.54, 1.807) is 0 Å². The molecule has 0 bridgehead atoms. The van der Waals surface area contributed by atoms with E-state index in [0.29, 0.717) is 11.3 Å². The Bertz CT molecular complexity index is 1100. The fourth-order valence-corrected chi connectivity index (χ4v) is 5.71. The molecule has 0 aliphatic carbocycles.